The van der Waals surface area contributed by atoms with Crippen LogP contribution in [0.3, 0.4) is 0 Å². The third kappa shape index (κ3) is 2.38. The first-order valence-electron chi connectivity index (χ1n) is 6.68. The second kappa shape index (κ2) is 4.94. The molecule has 0 unspecified atom stereocenters. The van der Waals surface area contributed by atoms with Crippen molar-refractivity contribution < 1.29 is 15.0 Å². The highest BCUT2D eigenvalue weighted by atomic mass is 16.3. The Kier molecular flexibility index (Phi) is 3.65. The Morgan fingerprint density at radius 3 is 2.47 bits per heavy atom. The number of aliphatic hydroxyl groups excluding tert-OH is 1. The molecule has 4 nitrogen and oxygen atoms in total. The second-order valence-electron chi connectivity index (χ2n) is 5.74. The molecule has 4 heteroatoms. The van der Waals surface area contributed by atoms with Gasteiger partial charge in [-0.3, -0.25) is 4.79 Å². The minimum Gasteiger partial charge on any atom is -0.393 e. The van der Waals surface area contributed by atoms with Gasteiger partial charge in [0.05, 0.1) is 11.8 Å². The Balaban J connectivity index is 2.46. The summed E-state index contributed by atoms with van der Waals surface area (Å²) in [6.45, 7) is 6.21. The van der Waals surface area contributed by atoms with Gasteiger partial charge in [-0.25, -0.2) is 0 Å². The molecule has 0 saturated heterocycles. The van der Waals surface area contributed by atoms with Crippen LogP contribution in [-0.2, 0) is 10.4 Å². The minimum atomic E-state index is -1.60. The van der Waals surface area contributed by atoms with Crippen molar-refractivity contribution in [2.75, 3.05) is 11.4 Å². The molecule has 1 aliphatic rings. The van der Waals surface area contributed by atoms with E-state index in [-0.39, 0.29) is 12.3 Å². The fraction of sp³-hybridized carbons (Fsp3) is 0.533. The molecule has 2 rings (SSSR count). The van der Waals surface area contributed by atoms with Gasteiger partial charge in [0, 0.05) is 18.5 Å². The summed E-state index contributed by atoms with van der Waals surface area (Å²) in [5, 5.41) is 20.3. The third-order valence-electron chi connectivity index (χ3n) is 3.38. The zero-order chi connectivity index (χ0) is 14.2. The predicted molar refractivity (Wildman–Crippen MR) is 73.8 cm³/mol. The first kappa shape index (κ1) is 14.0. The van der Waals surface area contributed by atoms with Gasteiger partial charge in [-0.1, -0.05) is 32.0 Å². The summed E-state index contributed by atoms with van der Waals surface area (Å²) in [7, 11) is 0. The zero-order valence-corrected chi connectivity index (χ0v) is 11.6. The molecule has 1 aliphatic heterocycles. The van der Waals surface area contributed by atoms with Crippen LogP contribution in [-0.4, -0.2) is 28.8 Å². The molecule has 0 radical (unpaired) electrons. The highest BCUT2D eigenvalue weighted by Crippen LogP contribution is 2.43. The number of carbonyl (C=O) groups excluding carboxylic acids is 1. The van der Waals surface area contributed by atoms with E-state index in [1.54, 1.807) is 24.0 Å². The molecular formula is C15H21NO3. The van der Waals surface area contributed by atoms with Crippen LogP contribution in [0, 0.1) is 5.92 Å². The summed E-state index contributed by atoms with van der Waals surface area (Å²) < 4.78 is 0. The Hall–Kier alpha value is -1.39. The number of hydrogen-bond donors (Lipinski definition) is 2. The normalized spacial score (nSPS) is 23.9. The number of anilines is 1. The monoisotopic (exact) mass is 263 g/mol. The maximum atomic E-state index is 12.5. The molecule has 0 saturated carbocycles. The van der Waals surface area contributed by atoms with Crippen LogP contribution in [0.5, 0.6) is 0 Å². The van der Waals surface area contributed by atoms with Crippen LogP contribution in [0.15, 0.2) is 24.3 Å². The van der Waals surface area contributed by atoms with Crippen LogP contribution in [0.4, 0.5) is 5.69 Å². The molecule has 1 aromatic rings. The summed E-state index contributed by atoms with van der Waals surface area (Å²) in [4.78, 5) is 14.1. The molecule has 0 spiro atoms. The summed E-state index contributed by atoms with van der Waals surface area (Å²) in [5.74, 6) is -0.0193. The van der Waals surface area contributed by atoms with E-state index in [9.17, 15) is 15.0 Å². The van der Waals surface area contributed by atoms with Crippen molar-refractivity contribution in [1.29, 1.82) is 0 Å². The summed E-state index contributed by atoms with van der Waals surface area (Å²) in [6, 6.07) is 7.26. The Morgan fingerprint density at radius 2 is 1.89 bits per heavy atom. The lowest BCUT2D eigenvalue weighted by Crippen LogP contribution is -2.43. The molecule has 0 bridgehead atoms. The van der Waals surface area contributed by atoms with E-state index < -0.39 is 11.7 Å². The van der Waals surface area contributed by atoms with Crippen LogP contribution >= 0.6 is 0 Å². The quantitative estimate of drug-likeness (QED) is 0.868. The van der Waals surface area contributed by atoms with Crippen molar-refractivity contribution in [3.05, 3.63) is 29.8 Å². The number of rotatable bonds is 4. The highest BCUT2D eigenvalue weighted by Gasteiger charge is 2.49. The number of amides is 1. The van der Waals surface area contributed by atoms with E-state index in [1.165, 1.54) is 0 Å². The van der Waals surface area contributed by atoms with Crippen molar-refractivity contribution in [3.8, 4) is 0 Å². The van der Waals surface area contributed by atoms with Crippen molar-refractivity contribution >= 4 is 11.6 Å². The van der Waals surface area contributed by atoms with E-state index in [2.05, 4.69) is 0 Å². The van der Waals surface area contributed by atoms with Gasteiger partial charge in [0.1, 0.15) is 0 Å². The van der Waals surface area contributed by atoms with Crippen molar-refractivity contribution in [1.82, 2.24) is 0 Å². The molecule has 1 aromatic carbocycles. The lowest BCUT2D eigenvalue weighted by atomic mass is 9.90. The standard InChI is InChI=1S/C15H21NO3/c1-10(2)9-16-13-7-5-4-6-12(13)15(19,14(16)18)8-11(3)17/h4-7,10-11,17,19H,8-9H2,1-3H3/t11-,15+/m1/s1. The smallest absolute Gasteiger partial charge is 0.263 e. The number of carbonyl (C=O) groups is 1. The van der Waals surface area contributed by atoms with Crippen LogP contribution in [0.25, 0.3) is 0 Å². The van der Waals surface area contributed by atoms with Crippen molar-refractivity contribution in [2.45, 2.75) is 38.9 Å². The summed E-state index contributed by atoms with van der Waals surface area (Å²) in [6.07, 6.45) is -0.710. The van der Waals surface area contributed by atoms with Gasteiger partial charge in [0.2, 0.25) is 0 Å². The van der Waals surface area contributed by atoms with Gasteiger partial charge in [0.25, 0.3) is 5.91 Å². The highest BCUT2D eigenvalue weighted by molar-refractivity contribution is 6.06. The minimum absolute atomic E-state index is 0.0252. The molecule has 0 fully saturated rings. The maximum absolute atomic E-state index is 12.5. The first-order chi connectivity index (χ1) is 8.86. The third-order valence-corrected chi connectivity index (χ3v) is 3.38. The Labute approximate surface area is 113 Å². The fourth-order valence-corrected chi connectivity index (χ4v) is 2.68. The number of hydrogen-bond acceptors (Lipinski definition) is 3. The molecule has 1 amide bonds. The van der Waals surface area contributed by atoms with E-state index in [1.807, 2.05) is 26.0 Å². The lowest BCUT2D eigenvalue weighted by Gasteiger charge is -2.25. The molecular weight excluding hydrogens is 242 g/mol. The first-order valence-corrected chi connectivity index (χ1v) is 6.68. The van der Waals surface area contributed by atoms with Gasteiger partial charge >= 0.3 is 0 Å². The molecule has 0 aromatic heterocycles. The zero-order valence-electron chi connectivity index (χ0n) is 11.6. The maximum Gasteiger partial charge on any atom is 0.263 e. The van der Waals surface area contributed by atoms with Crippen LogP contribution in [0.1, 0.15) is 32.8 Å². The second-order valence-corrected chi connectivity index (χ2v) is 5.74. The van der Waals surface area contributed by atoms with E-state index >= 15 is 0 Å². The molecule has 104 valence electrons. The number of benzene rings is 1. The molecule has 0 aliphatic carbocycles. The van der Waals surface area contributed by atoms with Gasteiger partial charge in [-0.2, -0.15) is 0 Å². The number of fused-ring (bicyclic) bond motifs is 1. The fourth-order valence-electron chi connectivity index (χ4n) is 2.68. The predicted octanol–water partition coefficient (Wildman–Crippen LogP) is 1.65. The van der Waals surface area contributed by atoms with Crippen LogP contribution < -0.4 is 4.90 Å². The SMILES string of the molecule is CC(C)CN1C(=O)[C@](O)(C[C@@H](C)O)c2ccccc21. The largest absolute Gasteiger partial charge is 0.393 e. The molecule has 2 N–H and O–H groups in total. The van der Waals surface area contributed by atoms with Gasteiger partial charge in [-0.05, 0) is 18.9 Å². The Bertz CT molecular complexity index is 484. The average molecular weight is 263 g/mol. The van der Waals surface area contributed by atoms with E-state index in [0.717, 1.165) is 5.69 Å². The van der Waals surface area contributed by atoms with Crippen LogP contribution in [0.2, 0.25) is 0 Å². The lowest BCUT2D eigenvalue weighted by molar-refractivity contribution is -0.139. The van der Waals surface area contributed by atoms with Gasteiger partial charge in [-0.15, -0.1) is 0 Å². The van der Waals surface area contributed by atoms with Gasteiger partial charge < -0.3 is 15.1 Å². The number of nitrogens with zero attached hydrogens (tertiary/aromatic N) is 1. The summed E-state index contributed by atoms with van der Waals surface area (Å²) in [5.41, 5.74) is -0.245. The molecule has 1 heterocycles. The average Bonchev–Trinajstić information content (AvgIpc) is 2.51. The van der Waals surface area contributed by atoms with E-state index in [0.29, 0.717) is 18.0 Å². The Morgan fingerprint density at radius 1 is 1.26 bits per heavy atom. The molecule has 19 heavy (non-hydrogen) atoms. The van der Waals surface area contributed by atoms with Gasteiger partial charge in [0.15, 0.2) is 5.60 Å². The number of aliphatic hydroxyl groups is 2. The topological polar surface area (TPSA) is 60.8 Å². The van der Waals surface area contributed by atoms with Crippen molar-refractivity contribution in [2.24, 2.45) is 5.92 Å². The van der Waals surface area contributed by atoms with Crippen molar-refractivity contribution in [3.63, 3.8) is 0 Å². The number of para-hydroxylation sites is 1. The summed E-state index contributed by atoms with van der Waals surface area (Å²) >= 11 is 0. The molecule has 2 atom stereocenters. The van der Waals surface area contributed by atoms with E-state index in [4.69, 9.17) is 0 Å².